The fourth-order valence-corrected chi connectivity index (χ4v) is 2.67. The quantitative estimate of drug-likeness (QED) is 0.676. The van der Waals surface area contributed by atoms with Crippen molar-refractivity contribution in [1.82, 2.24) is 4.90 Å². The predicted octanol–water partition coefficient (Wildman–Crippen LogP) is 3.34. The molecule has 0 amide bonds. The van der Waals surface area contributed by atoms with Crippen LogP contribution < -0.4 is 0 Å². The molecule has 0 N–H and O–H groups in total. The van der Waals surface area contributed by atoms with E-state index in [0.717, 1.165) is 26.3 Å². The first-order valence-electron chi connectivity index (χ1n) is 6.98. The fourth-order valence-electron chi connectivity index (χ4n) is 2.67. The van der Waals surface area contributed by atoms with Crippen molar-refractivity contribution >= 4 is 0 Å². The van der Waals surface area contributed by atoms with Crippen molar-refractivity contribution in [3.8, 4) is 0 Å². The van der Waals surface area contributed by atoms with E-state index in [4.69, 9.17) is 4.74 Å². The molecule has 1 heterocycles. The lowest BCUT2D eigenvalue weighted by molar-refractivity contribution is 0.0517. The molecule has 2 aliphatic rings. The molecule has 2 heteroatoms. The lowest BCUT2D eigenvalue weighted by Crippen LogP contribution is -2.35. The Morgan fingerprint density at radius 1 is 0.875 bits per heavy atom. The summed E-state index contributed by atoms with van der Waals surface area (Å²) in [6.07, 6.45) is 13.6. The van der Waals surface area contributed by atoms with Crippen LogP contribution in [-0.2, 0) is 4.74 Å². The first-order valence-corrected chi connectivity index (χ1v) is 6.98. The fraction of sp³-hybridized carbons (Fsp3) is 0.857. The Labute approximate surface area is 99.7 Å². The standard InChI is InChI=1S/C14H25NO/c1-2-4-6-8-14(9-7-5-3-1)15-10-12-16-13-11-15/h8H,1-7,9-13H2/b14-8+. The van der Waals surface area contributed by atoms with E-state index in [-0.39, 0.29) is 0 Å². The van der Waals surface area contributed by atoms with Gasteiger partial charge in [-0.05, 0) is 25.7 Å². The van der Waals surface area contributed by atoms with Crippen molar-refractivity contribution in [3.63, 3.8) is 0 Å². The van der Waals surface area contributed by atoms with Crippen LogP contribution in [0.3, 0.4) is 0 Å². The van der Waals surface area contributed by atoms with E-state index >= 15 is 0 Å². The lowest BCUT2D eigenvalue weighted by Gasteiger charge is -2.31. The third kappa shape index (κ3) is 3.82. The third-order valence-corrected chi connectivity index (χ3v) is 3.68. The summed E-state index contributed by atoms with van der Waals surface area (Å²) in [5, 5.41) is 0. The Morgan fingerprint density at radius 3 is 2.38 bits per heavy atom. The minimum Gasteiger partial charge on any atom is -0.378 e. The van der Waals surface area contributed by atoms with Crippen LogP contribution in [0.4, 0.5) is 0 Å². The van der Waals surface area contributed by atoms with Gasteiger partial charge in [-0.1, -0.05) is 31.8 Å². The van der Waals surface area contributed by atoms with Crippen LogP contribution in [0.25, 0.3) is 0 Å². The van der Waals surface area contributed by atoms with Gasteiger partial charge in [0.2, 0.25) is 0 Å². The number of ether oxygens (including phenoxy) is 1. The molecule has 16 heavy (non-hydrogen) atoms. The van der Waals surface area contributed by atoms with Crippen molar-refractivity contribution in [2.24, 2.45) is 0 Å². The SMILES string of the molecule is C1=C(/N2CCOCC2)CCCCCCCC/1. The smallest absolute Gasteiger partial charge is 0.0642 e. The number of allylic oxidation sites excluding steroid dienone is 2. The highest BCUT2D eigenvalue weighted by molar-refractivity contribution is 5.02. The molecule has 0 atom stereocenters. The summed E-state index contributed by atoms with van der Waals surface area (Å²) in [4.78, 5) is 2.55. The molecule has 0 bridgehead atoms. The van der Waals surface area contributed by atoms with E-state index in [1.54, 1.807) is 5.70 Å². The summed E-state index contributed by atoms with van der Waals surface area (Å²) in [7, 11) is 0. The van der Waals surface area contributed by atoms with E-state index < -0.39 is 0 Å². The second-order valence-electron chi connectivity index (χ2n) is 4.95. The summed E-state index contributed by atoms with van der Waals surface area (Å²) in [5.74, 6) is 0. The topological polar surface area (TPSA) is 12.5 Å². The number of morpholine rings is 1. The molecule has 2 rings (SSSR count). The maximum Gasteiger partial charge on any atom is 0.0642 e. The van der Waals surface area contributed by atoms with Crippen molar-refractivity contribution in [1.29, 1.82) is 0 Å². The molecule has 92 valence electrons. The number of rotatable bonds is 1. The minimum atomic E-state index is 0.914. The molecular weight excluding hydrogens is 198 g/mol. The zero-order valence-corrected chi connectivity index (χ0v) is 10.4. The molecule has 0 aromatic rings. The molecular formula is C14H25NO. The monoisotopic (exact) mass is 223 g/mol. The van der Waals surface area contributed by atoms with E-state index in [2.05, 4.69) is 11.0 Å². The Balaban J connectivity index is 1.89. The second kappa shape index (κ2) is 6.95. The molecule has 1 fully saturated rings. The molecule has 2 nitrogen and oxygen atoms in total. The molecule has 1 aliphatic carbocycles. The molecule has 0 radical (unpaired) electrons. The molecule has 0 unspecified atom stereocenters. The van der Waals surface area contributed by atoms with Gasteiger partial charge >= 0.3 is 0 Å². The highest BCUT2D eigenvalue weighted by atomic mass is 16.5. The molecule has 1 aliphatic heterocycles. The van der Waals surface area contributed by atoms with Crippen LogP contribution in [0.1, 0.15) is 51.4 Å². The zero-order valence-electron chi connectivity index (χ0n) is 10.4. The lowest BCUT2D eigenvalue weighted by atomic mass is 10.0. The van der Waals surface area contributed by atoms with Crippen LogP contribution >= 0.6 is 0 Å². The van der Waals surface area contributed by atoms with Gasteiger partial charge in [0, 0.05) is 18.8 Å². The van der Waals surface area contributed by atoms with Gasteiger partial charge in [-0.15, -0.1) is 0 Å². The Morgan fingerprint density at radius 2 is 1.56 bits per heavy atom. The molecule has 0 aromatic heterocycles. The normalized spacial score (nSPS) is 28.2. The Bertz CT molecular complexity index is 219. The average molecular weight is 223 g/mol. The highest BCUT2D eigenvalue weighted by Crippen LogP contribution is 2.20. The Hall–Kier alpha value is -0.500. The molecule has 0 aromatic carbocycles. The first-order chi connectivity index (χ1) is 7.97. The van der Waals surface area contributed by atoms with E-state index in [1.165, 1.54) is 51.4 Å². The summed E-state index contributed by atoms with van der Waals surface area (Å²) < 4.78 is 5.42. The van der Waals surface area contributed by atoms with Crippen molar-refractivity contribution < 1.29 is 4.74 Å². The van der Waals surface area contributed by atoms with Gasteiger partial charge in [-0.2, -0.15) is 0 Å². The van der Waals surface area contributed by atoms with Crippen molar-refractivity contribution in [2.75, 3.05) is 26.3 Å². The van der Waals surface area contributed by atoms with Crippen LogP contribution in [-0.4, -0.2) is 31.2 Å². The zero-order chi connectivity index (χ0) is 11.1. The number of hydrogen-bond donors (Lipinski definition) is 0. The van der Waals surface area contributed by atoms with Gasteiger partial charge in [-0.3, -0.25) is 0 Å². The molecule has 1 saturated heterocycles. The minimum absolute atomic E-state index is 0.914. The van der Waals surface area contributed by atoms with Gasteiger partial charge in [0.1, 0.15) is 0 Å². The summed E-state index contributed by atoms with van der Waals surface area (Å²) in [6.45, 7) is 4.03. The van der Waals surface area contributed by atoms with Crippen molar-refractivity contribution in [2.45, 2.75) is 51.4 Å². The summed E-state index contributed by atoms with van der Waals surface area (Å²) >= 11 is 0. The van der Waals surface area contributed by atoms with Crippen LogP contribution in [0, 0.1) is 0 Å². The summed E-state index contributed by atoms with van der Waals surface area (Å²) in [5.41, 5.74) is 1.60. The maximum atomic E-state index is 5.42. The van der Waals surface area contributed by atoms with Gasteiger partial charge in [-0.25, -0.2) is 0 Å². The second-order valence-corrected chi connectivity index (χ2v) is 4.95. The maximum absolute atomic E-state index is 5.42. The van der Waals surface area contributed by atoms with Crippen molar-refractivity contribution in [3.05, 3.63) is 11.8 Å². The Kier molecular flexibility index (Phi) is 5.20. The van der Waals surface area contributed by atoms with Crippen LogP contribution in [0.15, 0.2) is 11.8 Å². The molecule has 0 spiro atoms. The summed E-state index contributed by atoms with van der Waals surface area (Å²) in [6, 6.07) is 0. The van der Waals surface area contributed by atoms with Gasteiger partial charge in [0.25, 0.3) is 0 Å². The first kappa shape index (κ1) is 12.0. The largest absolute Gasteiger partial charge is 0.378 e. The van der Waals surface area contributed by atoms with Gasteiger partial charge in [0.15, 0.2) is 0 Å². The predicted molar refractivity (Wildman–Crippen MR) is 67.4 cm³/mol. The third-order valence-electron chi connectivity index (χ3n) is 3.68. The number of nitrogens with zero attached hydrogens (tertiary/aromatic N) is 1. The van der Waals surface area contributed by atoms with Crippen LogP contribution in [0.2, 0.25) is 0 Å². The van der Waals surface area contributed by atoms with E-state index in [1.807, 2.05) is 0 Å². The average Bonchev–Trinajstić information content (AvgIpc) is 2.37. The molecule has 0 saturated carbocycles. The van der Waals surface area contributed by atoms with Gasteiger partial charge in [0.05, 0.1) is 13.2 Å². The van der Waals surface area contributed by atoms with E-state index in [0.29, 0.717) is 0 Å². The van der Waals surface area contributed by atoms with E-state index in [9.17, 15) is 0 Å². The van der Waals surface area contributed by atoms with Crippen LogP contribution in [0.5, 0.6) is 0 Å². The highest BCUT2D eigenvalue weighted by Gasteiger charge is 2.13. The van der Waals surface area contributed by atoms with Gasteiger partial charge < -0.3 is 9.64 Å². The number of hydrogen-bond acceptors (Lipinski definition) is 2.